The molecule has 0 heterocycles. The average Bonchev–Trinajstić information content (AvgIpc) is 2.33. The van der Waals surface area contributed by atoms with Crippen molar-refractivity contribution in [2.75, 3.05) is 6.61 Å². The molecule has 0 radical (unpaired) electrons. The molecule has 2 aliphatic rings. The zero-order valence-electron chi connectivity index (χ0n) is 10.4. The second kappa shape index (κ2) is 5.03. The molecular weight excluding hydrogens is 216 g/mol. The Labute approximate surface area is 102 Å². The Morgan fingerprint density at radius 1 is 1.47 bits per heavy atom. The number of carbonyl (C=O) groups excluding carboxylic acids is 2. The number of rotatable bonds is 2. The molecule has 17 heavy (non-hydrogen) atoms. The minimum atomic E-state index is -0.865. The Morgan fingerprint density at radius 3 is 3.06 bits per heavy atom. The highest BCUT2D eigenvalue weighted by atomic mass is 16.5. The van der Waals surface area contributed by atoms with E-state index in [0.29, 0.717) is 19.4 Å². The fourth-order valence-electron chi connectivity index (χ4n) is 3.03. The maximum absolute atomic E-state index is 12.5. The first kappa shape index (κ1) is 12.3. The minimum Gasteiger partial charge on any atom is -0.465 e. The van der Waals surface area contributed by atoms with E-state index in [1.165, 1.54) is 0 Å². The third kappa shape index (κ3) is 2.15. The van der Waals surface area contributed by atoms with E-state index in [9.17, 15) is 9.59 Å². The standard InChI is InChI=1S/C14H20O3/c1-2-17-13(16)14-9-5-3-4-7-11(12(14)15)8-6-10-14/h3,5,11H,2,4,6-10H2,1H3/b5-3-. The Kier molecular flexibility index (Phi) is 3.65. The second-order valence-corrected chi connectivity index (χ2v) is 5.01. The van der Waals surface area contributed by atoms with Gasteiger partial charge in [0.1, 0.15) is 5.41 Å². The van der Waals surface area contributed by atoms with Crippen molar-refractivity contribution >= 4 is 11.8 Å². The van der Waals surface area contributed by atoms with Gasteiger partial charge >= 0.3 is 5.97 Å². The SMILES string of the molecule is CCOC(=O)C12C/C=C\CCC(CCC1)C2=O. The maximum Gasteiger partial charge on any atom is 0.319 e. The van der Waals surface area contributed by atoms with Crippen LogP contribution in [0.1, 0.15) is 45.4 Å². The quantitative estimate of drug-likeness (QED) is 0.420. The molecule has 1 fully saturated rings. The molecule has 2 rings (SSSR count). The van der Waals surface area contributed by atoms with Gasteiger partial charge in [-0.1, -0.05) is 18.6 Å². The molecule has 0 spiro atoms. The molecule has 0 N–H and O–H groups in total. The normalized spacial score (nSPS) is 34.6. The van der Waals surface area contributed by atoms with E-state index >= 15 is 0 Å². The lowest BCUT2D eigenvalue weighted by Crippen LogP contribution is -2.47. The predicted octanol–water partition coefficient (Wildman–Crippen LogP) is 2.65. The van der Waals surface area contributed by atoms with Crippen molar-refractivity contribution in [3.05, 3.63) is 12.2 Å². The number of Topliss-reactive ketones (excluding diaryl/α,β-unsaturated/α-hetero) is 1. The first-order valence-electron chi connectivity index (χ1n) is 6.57. The van der Waals surface area contributed by atoms with Gasteiger partial charge in [0.15, 0.2) is 5.78 Å². The molecule has 1 saturated carbocycles. The van der Waals surface area contributed by atoms with Gasteiger partial charge < -0.3 is 4.74 Å². The third-order valence-corrected chi connectivity index (χ3v) is 3.98. The van der Waals surface area contributed by atoms with Gasteiger partial charge in [-0.3, -0.25) is 9.59 Å². The highest BCUT2D eigenvalue weighted by Gasteiger charge is 2.50. The fraction of sp³-hybridized carbons (Fsp3) is 0.714. The van der Waals surface area contributed by atoms with E-state index in [2.05, 4.69) is 6.08 Å². The van der Waals surface area contributed by atoms with Crippen molar-refractivity contribution in [2.45, 2.75) is 45.4 Å². The lowest BCUT2D eigenvalue weighted by Gasteiger charge is -2.37. The van der Waals surface area contributed by atoms with Gasteiger partial charge in [-0.25, -0.2) is 0 Å². The Bertz CT molecular complexity index is 345. The lowest BCUT2D eigenvalue weighted by molar-refractivity contribution is -0.164. The Balaban J connectivity index is 2.31. The van der Waals surface area contributed by atoms with Crippen molar-refractivity contribution in [2.24, 2.45) is 11.3 Å². The summed E-state index contributed by atoms with van der Waals surface area (Å²) in [5, 5.41) is 0. The van der Waals surface area contributed by atoms with Gasteiger partial charge in [0.05, 0.1) is 6.61 Å². The van der Waals surface area contributed by atoms with Gasteiger partial charge in [0.25, 0.3) is 0 Å². The largest absolute Gasteiger partial charge is 0.465 e. The zero-order valence-corrected chi connectivity index (χ0v) is 10.4. The molecular formula is C14H20O3. The number of hydrogen-bond donors (Lipinski definition) is 0. The topological polar surface area (TPSA) is 43.4 Å². The van der Waals surface area contributed by atoms with Crippen LogP contribution in [-0.4, -0.2) is 18.4 Å². The van der Waals surface area contributed by atoms with Crippen LogP contribution in [0.25, 0.3) is 0 Å². The molecule has 0 aromatic heterocycles. The van der Waals surface area contributed by atoms with Crippen molar-refractivity contribution in [3.63, 3.8) is 0 Å². The molecule has 2 bridgehead atoms. The van der Waals surface area contributed by atoms with Gasteiger partial charge in [0.2, 0.25) is 0 Å². The first-order chi connectivity index (χ1) is 8.20. The van der Waals surface area contributed by atoms with E-state index < -0.39 is 5.41 Å². The number of esters is 1. The Hall–Kier alpha value is -1.12. The number of hydrogen-bond acceptors (Lipinski definition) is 3. The van der Waals surface area contributed by atoms with E-state index in [-0.39, 0.29) is 17.7 Å². The summed E-state index contributed by atoms with van der Waals surface area (Å²) in [7, 11) is 0. The van der Waals surface area contributed by atoms with Crippen molar-refractivity contribution < 1.29 is 14.3 Å². The van der Waals surface area contributed by atoms with E-state index in [1.54, 1.807) is 6.92 Å². The number of allylic oxidation sites excluding steroid dienone is 2. The summed E-state index contributed by atoms with van der Waals surface area (Å²) in [6.45, 7) is 2.14. The molecule has 0 aromatic rings. The number of ketones is 1. The van der Waals surface area contributed by atoms with E-state index in [0.717, 1.165) is 25.7 Å². The highest BCUT2D eigenvalue weighted by Crippen LogP contribution is 2.43. The van der Waals surface area contributed by atoms with Gasteiger partial charge in [0, 0.05) is 5.92 Å². The molecule has 3 heteroatoms. The molecule has 0 saturated heterocycles. The van der Waals surface area contributed by atoms with Gasteiger partial charge in [-0.2, -0.15) is 0 Å². The zero-order chi connectivity index (χ0) is 12.3. The van der Waals surface area contributed by atoms with Crippen LogP contribution < -0.4 is 0 Å². The monoisotopic (exact) mass is 236 g/mol. The van der Waals surface area contributed by atoms with E-state index in [1.807, 2.05) is 6.08 Å². The smallest absolute Gasteiger partial charge is 0.319 e. The van der Waals surface area contributed by atoms with Crippen molar-refractivity contribution in [1.29, 1.82) is 0 Å². The molecule has 0 aliphatic heterocycles. The van der Waals surface area contributed by atoms with Crippen LogP contribution in [0.3, 0.4) is 0 Å². The van der Waals surface area contributed by atoms with Crippen LogP contribution in [0, 0.1) is 11.3 Å². The molecule has 0 aromatic carbocycles. The second-order valence-electron chi connectivity index (χ2n) is 5.01. The lowest BCUT2D eigenvalue weighted by atomic mass is 9.64. The summed E-state index contributed by atoms with van der Waals surface area (Å²) >= 11 is 0. The van der Waals surface area contributed by atoms with Crippen LogP contribution in [-0.2, 0) is 14.3 Å². The molecule has 0 amide bonds. The summed E-state index contributed by atoms with van der Waals surface area (Å²) in [5.41, 5.74) is -0.865. The summed E-state index contributed by atoms with van der Waals surface area (Å²) in [5.74, 6) is -0.106. The highest BCUT2D eigenvalue weighted by molar-refractivity contribution is 6.05. The van der Waals surface area contributed by atoms with Crippen molar-refractivity contribution in [1.82, 2.24) is 0 Å². The summed E-state index contributed by atoms with van der Waals surface area (Å²) in [6.07, 6.45) is 9.00. The predicted molar refractivity (Wildman–Crippen MR) is 64.4 cm³/mol. The number of ether oxygens (including phenoxy) is 1. The summed E-state index contributed by atoms with van der Waals surface area (Å²) in [4.78, 5) is 24.6. The van der Waals surface area contributed by atoms with Crippen LogP contribution in [0.15, 0.2) is 12.2 Å². The van der Waals surface area contributed by atoms with Crippen LogP contribution in [0.2, 0.25) is 0 Å². The number of carbonyl (C=O) groups is 2. The number of fused-ring (bicyclic) bond motifs is 2. The first-order valence-corrected chi connectivity index (χ1v) is 6.57. The van der Waals surface area contributed by atoms with Gasteiger partial charge in [-0.15, -0.1) is 0 Å². The molecule has 3 nitrogen and oxygen atoms in total. The van der Waals surface area contributed by atoms with Crippen LogP contribution in [0.5, 0.6) is 0 Å². The fourth-order valence-corrected chi connectivity index (χ4v) is 3.03. The third-order valence-electron chi connectivity index (χ3n) is 3.98. The molecule has 2 aliphatic carbocycles. The van der Waals surface area contributed by atoms with Gasteiger partial charge in [-0.05, 0) is 39.0 Å². The van der Waals surface area contributed by atoms with E-state index in [4.69, 9.17) is 4.74 Å². The van der Waals surface area contributed by atoms with Crippen LogP contribution in [0.4, 0.5) is 0 Å². The maximum atomic E-state index is 12.5. The van der Waals surface area contributed by atoms with Crippen molar-refractivity contribution in [3.8, 4) is 0 Å². The molecule has 94 valence electrons. The molecule has 2 unspecified atom stereocenters. The summed E-state index contributed by atoms with van der Waals surface area (Å²) < 4.78 is 5.13. The molecule has 2 atom stereocenters. The average molecular weight is 236 g/mol. The van der Waals surface area contributed by atoms with Crippen LogP contribution >= 0.6 is 0 Å². The summed E-state index contributed by atoms with van der Waals surface area (Å²) in [6, 6.07) is 0. The Morgan fingerprint density at radius 2 is 2.29 bits per heavy atom. The minimum absolute atomic E-state index is 0.0677.